The summed E-state index contributed by atoms with van der Waals surface area (Å²) >= 11 is 0. The molecule has 1 atom stereocenters. The lowest BCUT2D eigenvalue weighted by atomic mass is 9.92. The predicted octanol–water partition coefficient (Wildman–Crippen LogP) is 3.04. The van der Waals surface area contributed by atoms with E-state index in [1.54, 1.807) is 6.20 Å². The molecule has 118 valence electrons. The Kier molecular flexibility index (Phi) is 3.83. The van der Waals surface area contributed by atoms with E-state index in [1.807, 2.05) is 36.4 Å². The summed E-state index contributed by atoms with van der Waals surface area (Å²) in [6, 6.07) is 11.6. The van der Waals surface area contributed by atoms with E-state index in [2.05, 4.69) is 9.88 Å². The van der Waals surface area contributed by atoms with Gasteiger partial charge in [0.15, 0.2) is 5.78 Å². The maximum Gasteiger partial charge on any atom is 0.174 e. The second-order valence-electron chi connectivity index (χ2n) is 6.31. The number of rotatable bonds is 3. The Morgan fingerprint density at radius 3 is 2.83 bits per heavy atom. The Morgan fingerprint density at radius 2 is 2.04 bits per heavy atom. The third-order valence-electron chi connectivity index (χ3n) is 4.69. The quantitative estimate of drug-likeness (QED) is 0.874. The van der Waals surface area contributed by atoms with Crippen molar-refractivity contribution in [1.29, 1.82) is 0 Å². The number of hydrogen-bond donors (Lipinski definition) is 0. The van der Waals surface area contributed by atoms with Gasteiger partial charge in [-0.05, 0) is 56.3 Å². The largest absolute Gasteiger partial charge is 0.492 e. The Labute approximate surface area is 136 Å². The van der Waals surface area contributed by atoms with Crippen molar-refractivity contribution >= 4 is 5.78 Å². The van der Waals surface area contributed by atoms with E-state index in [9.17, 15) is 4.79 Å². The van der Waals surface area contributed by atoms with Crippen LogP contribution < -0.4 is 4.74 Å². The van der Waals surface area contributed by atoms with E-state index in [0.29, 0.717) is 17.9 Å². The average molecular weight is 308 g/mol. The second-order valence-corrected chi connectivity index (χ2v) is 6.31. The van der Waals surface area contributed by atoms with Gasteiger partial charge in [0.05, 0.1) is 23.8 Å². The lowest BCUT2D eigenvalue weighted by Crippen LogP contribution is -2.37. The third-order valence-corrected chi connectivity index (χ3v) is 4.69. The van der Waals surface area contributed by atoms with Crippen molar-refractivity contribution in [2.24, 2.45) is 5.92 Å². The topological polar surface area (TPSA) is 42.4 Å². The van der Waals surface area contributed by atoms with Crippen molar-refractivity contribution in [2.45, 2.75) is 12.8 Å². The Morgan fingerprint density at radius 1 is 1.17 bits per heavy atom. The molecule has 0 saturated carbocycles. The fourth-order valence-corrected chi connectivity index (χ4v) is 3.44. The van der Waals surface area contributed by atoms with Gasteiger partial charge >= 0.3 is 0 Å². The Balaban J connectivity index is 1.60. The lowest BCUT2D eigenvalue weighted by Gasteiger charge is -2.27. The number of nitrogens with zero attached hydrogens (tertiary/aromatic N) is 2. The van der Waals surface area contributed by atoms with E-state index < -0.39 is 0 Å². The highest BCUT2D eigenvalue weighted by atomic mass is 16.5. The van der Waals surface area contributed by atoms with Crippen LogP contribution in [0.15, 0.2) is 42.6 Å². The summed E-state index contributed by atoms with van der Waals surface area (Å²) in [6.45, 7) is 3.51. The average Bonchev–Trinajstić information content (AvgIpc) is 3.11. The van der Waals surface area contributed by atoms with Crippen molar-refractivity contribution in [2.75, 3.05) is 26.2 Å². The maximum absolute atomic E-state index is 12.9. The minimum absolute atomic E-state index is 0.0559. The first-order valence-electron chi connectivity index (χ1n) is 8.26. The van der Waals surface area contributed by atoms with Crippen molar-refractivity contribution < 1.29 is 9.53 Å². The number of fused-ring (bicyclic) bond motifs is 1. The minimum atomic E-state index is -0.0559. The first-order valence-corrected chi connectivity index (χ1v) is 8.26. The zero-order chi connectivity index (χ0) is 15.6. The zero-order valence-electron chi connectivity index (χ0n) is 13.1. The molecule has 1 fully saturated rings. The normalized spacial score (nSPS) is 21.0. The minimum Gasteiger partial charge on any atom is -0.492 e. The van der Waals surface area contributed by atoms with E-state index in [0.717, 1.165) is 30.9 Å². The number of Topliss-reactive ketones (excluding diaryl/α,β-unsaturated/α-hetero) is 1. The number of aromatic nitrogens is 1. The monoisotopic (exact) mass is 308 g/mol. The van der Waals surface area contributed by atoms with Crippen LogP contribution in [0.3, 0.4) is 0 Å². The molecule has 2 aromatic rings. The molecule has 1 aromatic heterocycles. The van der Waals surface area contributed by atoms with Gasteiger partial charge in [-0.2, -0.15) is 0 Å². The second kappa shape index (κ2) is 6.13. The Bertz CT molecular complexity index is 709. The molecule has 23 heavy (non-hydrogen) atoms. The van der Waals surface area contributed by atoms with Gasteiger partial charge in [-0.3, -0.25) is 9.78 Å². The van der Waals surface area contributed by atoms with E-state index in [1.165, 1.54) is 12.8 Å². The highest BCUT2D eigenvalue weighted by molar-refractivity contribution is 6.02. The molecule has 0 spiro atoms. The number of pyridine rings is 1. The molecular weight excluding hydrogens is 288 g/mol. The summed E-state index contributed by atoms with van der Waals surface area (Å²) in [7, 11) is 0. The molecule has 4 nitrogen and oxygen atoms in total. The van der Waals surface area contributed by atoms with Crippen molar-refractivity contribution in [1.82, 2.24) is 9.88 Å². The Hall–Kier alpha value is -2.20. The molecule has 0 amide bonds. The van der Waals surface area contributed by atoms with Crippen molar-refractivity contribution in [3.63, 3.8) is 0 Å². The summed E-state index contributed by atoms with van der Waals surface area (Å²) in [5.74, 6) is 0.850. The van der Waals surface area contributed by atoms with Crippen LogP contribution in [-0.4, -0.2) is 41.9 Å². The van der Waals surface area contributed by atoms with Gasteiger partial charge in [0, 0.05) is 18.3 Å². The molecule has 0 aliphatic carbocycles. The molecular formula is C19H20N2O2. The van der Waals surface area contributed by atoms with E-state index >= 15 is 0 Å². The third kappa shape index (κ3) is 2.86. The number of carbonyl (C=O) groups is 1. The fraction of sp³-hybridized carbons (Fsp3) is 0.368. The van der Waals surface area contributed by atoms with Gasteiger partial charge in [0.2, 0.25) is 0 Å². The van der Waals surface area contributed by atoms with E-state index in [-0.39, 0.29) is 11.7 Å². The van der Waals surface area contributed by atoms with Gasteiger partial charge in [-0.15, -0.1) is 0 Å². The number of hydrogen-bond acceptors (Lipinski definition) is 4. The number of benzene rings is 1. The highest BCUT2D eigenvalue weighted by Crippen LogP contribution is 2.31. The first-order chi connectivity index (χ1) is 11.3. The maximum atomic E-state index is 12.9. The van der Waals surface area contributed by atoms with Crippen LogP contribution in [0.25, 0.3) is 11.3 Å². The number of ether oxygens (including phenoxy) is 1. The van der Waals surface area contributed by atoms with Crippen LogP contribution in [0.4, 0.5) is 0 Å². The summed E-state index contributed by atoms with van der Waals surface area (Å²) in [4.78, 5) is 19.6. The molecule has 1 saturated heterocycles. The van der Waals surface area contributed by atoms with Gasteiger partial charge in [-0.25, -0.2) is 0 Å². The molecule has 3 heterocycles. The number of ketones is 1. The van der Waals surface area contributed by atoms with Crippen molar-refractivity contribution in [3.8, 4) is 17.0 Å². The predicted molar refractivity (Wildman–Crippen MR) is 88.7 cm³/mol. The molecule has 4 rings (SSSR count). The molecule has 2 aliphatic heterocycles. The van der Waals surface area contributed by atoms with Crippen LogP contribution >= 0.6 is 0 Å². The van der Waals surface area contributed by atoms with Crippen LogP contribution in [0.5, 0.6) is 5.75 Å². The van der Waals surface area contributed by atoms with E-state index in [4.69, 9.17) is 4.74 Å². The SMILES string of the molecule is O=C1c2cc(-c3ccccn3)ccc2OCC1CN1CCCC1. The lowest BCUT2D eigenvalue weighted by molar-refractivity contribution is 0.0783. The molecule has 2 aliphatic rings. The standard InChI is InChI=1S/C19H20N2O2/c22-19-15(12-21-9-3-4-10-21)13-23-18-7-6-14(11-16(18)19)17-5-1-2-8-20-17/h1-2,5-8,11,15H,3-4,9-10,12-13H2. The van der Waals surface area contributed by atoms with Crippen molar-refractivity contribution in [3.05, 3.63) is 48.2 Å². The van der Waals surface area contributed by atoms with Gasteiger partial charge < -0.3 is 9.64 Å². The fourth-order valence-electron chi connectivity index (χ4n) is 3.44. The molecule has 4 heteroatoms. The summed E-state index contributed by atoms with van der Waals surface area (Å²) < 4.78 is 5.84. The van der Waals surface area contributed by atoms with Crippen LogP contribution in [-0.2, 0) is 0 Å². The highest BCUT2D eigenvalue weighted by Gasteiger charge is 2.31. The zero-order valence-corrected chi connectivity index (χ0v) is 13.1. The van der Waals surface area contributed by atoms with Gasteiger partial charge in [-0.1, -0.05) is 6.07 Å². The smallest absolute Gasteiger partial charge is 0.174 e. The number of likely N-dealkylation sites (tertiary alicyclic amines) is 1. The molecule has 0 N–H and O–H groups in total. The van der Waals surface area contributed by atoms with Gasteiger partial charge in [0.1, 0.15) is 5.75 Å². The van der Waals surface area contributed by atoms with Crippen LogP contribution in [0.1, 0.15) is 23.2 Å². The summed E-state index contributed by atoms with van der Waals surface area (Å²) in [5.41, 5.74) is 2.54. The van der Waals surface area contributed by atoms with Gasteiger partial charge in [0.25, 0.3) is 0 Å². The van der Waals surface area contributed by atoms with Crippen LogP contribution in [0.2, 0.25) is 0 Å². The first kappa shape index (κ1) is 14.4. The molecule has 0 radical (unpaired) electrons. The summed E-state index contributed by atoms with van der Waals surface area (Å²) in [5, 5.41) is 0. The number of carbonyl (C=O) groups excluding carboxylic acids is 1. The molecule has 1 unspecified atom stereocenters. The molecule has 0 bridgehead atoms. The van der Waals surface area contributed by atoms with Crippen LogP contribution in [0, 0.1) is 5.92 Å². The molecule has 1 aromatic carbocycles. The summed E-state index contributed by atoms with van der Waals surface area (Å²) in [6.07, 6.45) is 4.24.